The predicted molar refractivity (Wildman–Crippen MR) is 229 cm³/mol. The summed E-state index contributed by atoms with van der Waals surface area (Å²) in [6, 6.07) is 29.6. The van der Waals surface area contributed by atoms with E-state index >= 15 is 0 Å². The summed E-state index contributed by atoms with van der Waals surface area (Å²) in [6.07, 6.45) is 3.56. The summed E-state index contributed by atoms with van der Waals surface area (Å²) in [5.74, 6) is 0.914. The molecule has 5 nitrogen and oxygen atoms in total. The molecule has 0 saturated heterocycles. The Morgan fingerprint density at radius 1 is 0.690 bits per heavy atom. The minimum Gasteiger partial charge on any atom is -0.510 e. The van der Waals surface area contributed by atoms with Crippen molar-refractivity contribution in [2.45, 2.75) is 20.3 Å². The monoisotopic (exact) mass is 942 g/mol. The van der Waals surface area contributed by atoms with Crippen LogP contribution in [0.5, 0.6) is 11.5 Å². The van der Waals surface area contributed by atoms with E-state index in [1.165, 1.54) is 0 Å². The van der Waals surface area contributed by atoms with E-state index in [1.54, 1.807) is 68.3 Å². The first-order valence-corrected chi connectivity index (χ1v) is 18.3. The molecule has 6 heteroatoms. The smallest absolute Gasteiger partial charge is 0.268 e. The largest absolute Gasteiger partial charge is 0.510 e. The normalized spacial score (nSPS) is 14.5. The summed E-state index contributed by atoms with van der Waals surface area (Å²) in [5, 5.41) is 1.67. The first-order valence-electron chi connectivity index (χ1n) is 24.8. The molecule has 58 heavy (non-hydrogen) atoms. The summed E-state index contributed by atoms with van der Waals surface area (Å²) < 4.78 is 125. The van der Waals surface area contributed by atoms with Gasteiger partial charge in [-0.15, -0.1) is 29.7 Å². The van der Waals surface area contributed by atoms with E-state index < -0.39 is 60.4 Å². The van der Waals surface area contributed by atoms with Crippen molar-refractivity contribution in [3.05, 3.63) is 200 Å². The predicted octanol–water partition coefficient (Wildman–Crippen LogP) is 12.1. The second kappa shape index (κ2) is 15.8. The molecule has 0 atom stereocenters. The molecule has 0 spiro atoms. The van der Waals surface area contributed by atoms with Crippen LogP contribution in [0.2, 0.25) is 0 Å². The van der Waals surface area contributed by atoms with Crippen molar-refractivity contribution in [2.75, 3.05) is 0 Å². The third-order valence-corrected chi connectivity index (χ3v) is 9.59. The number of para-hydroxylation sites is 4. The van der Waals surface area contributed by atoms with Gasteiger partial charge in [0.25, 0.3) is 6.33 Å². The maximum Gasteiger partial charge on any atom is 0.268 e. The van der Waals surface area contributed by atoms with Gasteiger partial charge >= 0.3 is 0 Å². The molecule has 3 aromatic heterocycles. The third-order valence-electron chi connectivity index (χ3n) is 9.59. The molecule has 7 aromatic carbocycles. The van der Waals surface area contributed by atoms with Crippen LogP contribution in [0.25, 0.3) is 72.3 Å². The van der Waals surface area contributed by atoms with Gasteiger partial charge in [0.05, 0.1) is 34.5 Å². The van der Waals surface area contributed by atoms with Crippen LogP contribution in [0.15, 0.2) is 176 Å². The van der Waals surface area contributed by atoms with E-state index in [0.717, 1.165) is 16.3 Å². The zero-order chi connectivity index (χ0) is 49.6. The van der Waals surface area contributed by atoms with Crippen molar-refractivity contribution in [3.8, 4) is 50.9 Å². The Kier molecular flexibility index (Phi) is 6.78. The summed E-state index contributed by atoms with van der Waals surface area (Å²) in [4.78, 5) is 4.47. The van der Waals surface area contributed by atoms with Crippen LogP contribution >= 0.6 is 0 Å². The van der Waals surface area contributed by atoms with Gasteiger partial charge in [0, 0.05) is 44.3 Å². The number of hydrogen-bond acceptors (Lipinski definition) is 2. The van der Waals surface area contributed by atoms with Crippen LogP contribution in [0.4, 0.5) is 0 Å². The van der Waals surface area contributed by atoms with Crippen LogP contribution in [-0.4, -0.2) is 14.1 Å². The molecule has 0 aliphatic rings. The van der Waals surface area contributed by atoms with E-state index in [4.69, 9.17) is 21.2 Å². The molecule has 0 radical (unpaired) electrons. The van der Waals surface area contributed by atoms with Crippen LogP contribution in [-0.2, 0) is 27.5 Å². The number of aromatic nitrogens is 4. The van der Waals surface area contributed by atoms with Crippen molar-refractivity contribution in [1.29, 1.82) is 0 Å². The summed E-state index contributed by atoms with van der Waals surface area (Å²) in [7, 11) is 0. The molecule has 0 unspecified atom stereocenters. The molecule has 0 N–H and O–H groups in total. The first kappa shape index (κ1) is 24.9. The van der Waals surface area contributed by atoms with Gasteiger partial charge in [0.2, 0.25) is 0 Å². The maximum atomic E-state index is 9.23. The number of hydrogen-bond donors (Lipinski definition) is 0. The fourth-order valence-corrected chi connectivity index (χ4v) is 7.22. The van der Waals surface area contributed by atoms with Gasteiger partial charge in [0.1, 0.15) is 5.82 Å². The number of benzene rings is 7. The van der Waals surface area contributed by atoms with Crippen molar-refractivity contribution >= 4 is 32.8 Å². The van der Waals surface area contributed by atoms with Crippen molar-refractivity contribution in [3.63, 3.8) is 0 Å². The molecule has 0 amide bonds. The van der Waals surface area contributed by atoms with Crippen LogP contribution in [0.1, 0.15) is 37.2 Å². The average Bonchev–Trinajstić information content (AvgIpc) is 3.90. The number of ether oxygens (including phenoxy) is 1. The fraction of sp³-hybridized carbons (Fsp3) is 0.0769. The van der Waals surface area contributed by atoms with Gasteiger partial charge in [-0.1, -0.05) is 140 Å². The van der Waals surface area contributed by atoms with Gasteiger partial charge in [-0.3, -0.25) is 4.57 Å². The van der Waals surface area contributed by atoms with E-state index in [0.29, 0.717) is 40.0 Å². The average molecular weight is 943 g/mol. The molecule has 10 aromatic rings. The number of imidazole rings is 1. The maximum absolute atomic E-state index is 9.23. The first-order chi connectivity index (χ1) is 33.5. The van der Waals surface area contributed by atoms with E-state index in [1.807, 2.05) is 56.3 Å². The van der Waals surface area contributed by atoms with E-state index in [-0.39, 0.29) is 84.7 Å². The SMILES string of the molecule is [2H]c1nc(-n2c3[c-]c(Oc4[c-]c(-n5[c-][n+](-c6c(-c7c([2H])c([2H])c([2H])c([2H])c7[2H])cccc6-c6c([2H])c([2H])c([2H])c([2H])c6[2H])c6ccccc65)ccc4)ccc3c3ccccc32)c([2H])c(CC(C)C)c1[2H].[Pt]. The minimum atomic E-state index is -0.590. The molecule has 284 valence electrons. The molecule has 10 rings (SSSR count). The molecular weight excluding hydrogens is 892 g/mol. The standard InChI is InChI=1S/C52H38N4O.Pt/c1-36(2)31-37-29-30-53-51(32-37)56-47-24-10-9-21-45(47)46-28-27-42(34-50(46)56)57-41-20-13-19-40(33-41)54-35-55(49-26-12-11-25-48(49)54)52-43(38-15-5-3-6-16-38)22-14-23-44(52)39-17-7-4-8-18-39;/h3-30,32,36H,31H2,1-2H3;/q-2;/i3D,4D,5D,6D,7D,8D,15D,16D,17D,18D,29D,30D,32D;. The molecule has 0 aliphatic heterocycles. The fourth-order valence-electron chi connectivity index (χ4n) is 7.22. The van der Waals surface area contributed by atoms with E-state index in [9.17, 15) is 1.37 Å². The van der Waals surface area contributed by atoms with Gasteiger partial charge in [-0.25, -0.2) is 4.98 Å². The summed E-state index contributed by atoms with van der Waals surface area (Å²) in [5.41, 5.74) is 3.26. The number of fused-ring (bicyclic) bond motifs is 4. The molecule has 0 fully saturated rings. The Morgan fingerprint density at radius 3 is 2.10 bits per heavy atom. The topological polar surface area (TPSA) is 35.9 Å². The Labute approximate surface area is 371 Å². The molecule has 0 saturated carbocycles. The quantitative estimate of drug-likeness (QED) is 0.107. The zero-order valence-electron chi connectivity index (χ0n) is 44.0. The van der Waals surface area contributed by atoms with Crippen molar-refractivity contribution in [1.82, 2.24) is 14.1 Å². The minimum absolute atomic E-state index is 0. The Morgan fingerprint density at radius 2 is 1.36 bits per heavy atom. The second-order valence-electron chi connectivity index (χ2n) is 13.8. The molecule has 0 aliphatic carbocycles. The number of rotatable bonds is 9. The molecule has 0 bridgehead atoms. The summed E-state index contributed by atoms with van der Waals surface area (Å²) in [6.45, 7) is 4.00. The second-order valence-corrected chi connectivity index (χ2v) is 13.8. The van der Waals surface area contributed by atoms with Gasteiger partial charge < -0.3 is 13.9 Å². The molecule has 3 heterocycles. The van der Waals surface area contributed by atoms with Crippen LogP contribution in [0, 0.1) is 24.4 Å². The van der Waals surface area contributed by atoms with Crippen LogP contribution in [0.3, 0.4) is 0 Å². The zero-order valence-corrected chi connectivity index (χ0v) is 33.3. The van der Waals surface area contributed by atoms with Crippen molar-refractivity contribution < 1.29 is 48.2 Å². The number of nitrogens with zero attached hydrogens (tertiary/aromatic N) is 4. The Hall–Kier alpha value is -6.55. The van der Waals surface area contributed by atoms with Crippen molar-refractivity contribution in [2.24, 2.45) is 5.92 Å². The Bertz CT molecular complexity index is 3690. The van der Waals surface area contributed by atoms with Crippen LogP contribution < -0.4 is 9.30 Å². The van der Waals surface area contributed by atoms with Gasteiger partial charge in [-0.05, 0) is 69.4 Å². The van der Waals surface area contributed by atoms with Gasteiger partial charge in [0.15, 0.2) is 0 Å². The Balaban J connectivity index is 0.00000624. The number of pyridine rings is 1. The summed E-state index contributed by atoms with van der Waals surface area (Å²) >= 11 is 0. The van der Waals surface area contributed by atoms with Gasteiger partial charge in [-0.2, -0.15) is 18.2 Å². The molecular formula is C52H38N4OPt-2. The van der Waals surface area contributed by atoms with E-state index in [2.05, 4.69) is 23.4 Å². The third kappa shape index (κ3) is 6.82.